The zero-order valence-electron chi connectivity index (χ0n) is 11.9. The first kappa shape index (κ1) is 17.0. The van der Waals surface area contributed by atoms with Gasteiger partial charge in [0.2, 0.25) is 5.82 Å². The molecule has 3 rings (SSSR count). The van der Waals surface area contributed by atoms with Gasteiger partial charge in [-0.05, 0) is 11.5 Å². The van der Waals surface area contributed by atoms with Crippen molar-refractivity contribution in [1.82, 2.24) is 4.37 Å². The number of hydrogen-bond acceptors (Lipinski definition) is 4. The van der Waals surface area contributed by atoms with Gasteiger partial charge in [-0.2, -0.15) is 4.37 Å². The van der Waals surface area contributed by atoms with Crippen LogP contribution in [0.1, 0.15) is 0 Å². The quantitative estimate of drug-likeness (QED) is 0.212. The van der Waals surface area contributed by atoms with Gasteiger partial charge in [-0.3, -0.25) is 10.1 Å². The van der Waals surface area contributed by atoms with Gasteiger partial charge in [0.25, 0.3) is 0 Å². The Kier molecular flexibility index (Phi) is 4.21. The van der Waals surface area contributed by atoms with Crippen LogP contribution in [0.4, 0.5) is 27.6 Å². The minimum absolute atomic E-state index is 0.0652. The second-order valence-corrected chi connectivity index (χ2v) is 5.55. The molecule has 0 aliphatic rings. The molecule has 10 heteroatoms. The molecule has 1 heterocycles. The average molecular weight is 372 g/mol. The van der Waals surface area contributed by atoms with E-state index in [4.69, 9.17) is 0 Å². The Morgan fingerprint density at radius 2 is 1.40 bits per heavy atom. The molecule has 3 aromatic rings. The molecular formula is C15H5F5N2O2S. The first-order valence-electron chi connectivity index (χ1n) is 6.55. The van der Waals surface area contributed by atoms with Crippen LogP contribution in [-0.4, -0.2) is 9.30 Å². The second kappa shape index (κ2) is 6.20. The van der Waals surface area contributed by atoms with Gasteiger partial charge in [0.05, 0.1) is 10.5 Å². The summed E-state index contributed by atoms with van der Waals surface area (Å²) < 4.78 is 71.5. The number of aromatic nitrogens is 1. The van der Waals surface area contributed by atoms with Crippen LogP contribution in [0.25, 0.3) is 21.7 Å². The zero-order valence-corrected chi connectivity index (χ0v) is 12.7. The van der Waals surface area contributed by atoms with E-state index < -0.39 is 51.0 Å². The van der Waals surface area contributed by atoms with Gasteiger partial charge in [-0.15, -0.1) is 0 Å². The van der Waals surface area contributed by atoms with E-state index in [9.17, 15) is 32.1 Å². The molecule has 0 fully saturated rings. The summed E-state index contributed by atoms with van der Waals surface area (Å²) in [5.74, 6) is -11.1. The Bertz CT molecular complexity index is 962. The minimum atomic E-state index is -2.35. The monoisotopic (exact) mass is 372 g/mol. The summed E-state index contributed by atoms with van der Waals surface area (Å²) in [5, 5.41) is 11.4. The lowest BCUT2D eigenvalue weighted by Crippen LogP contribution is -2.05. The third-order valence-corrected chi connectivity index (χ3v) is 4.22. The zero-order chi connectivity index (χ0) is 18.3. The predicted molar refractivity (Wildman–Crippen MR) is 79.4 cm³/mol. The third-order valence-electron chi connectivity index (χ3n) is 3.33. The highest BCUT2D eigenvalue weighted by molar-refractivity contribution is 7.10. The van der Waals surface area contributed by atoms with E-state index in [1.165, 1.54) is 12.1 Å². The molecule has 128 valence electrons. The Morgan fingerprint density at radius 1 is 0.880 bits per heavy atom. The molecule has 0 aliphatic heterocycles. The number of rotatable bonds is 3. The normalized spacial score (nSPS) is 10.9. The van der Waals surface area contributed by atoms with Crippen LogP contribution in [-0.2, 0) is 0 Å². The van der Waals surface area contributed by atoms with E-state index in [0.717, 1.165) is 0 Å². The summed E-state index contributed by atoms with van der Waals surface area (Å²) in [4.78, 5) is 10.3. The van der Waals surface area contributed by atoms with Crippen LogP contribution >= 0.6 is 11.5 Å². The summed E-state index contributed by atoms with van der Waals surface area (Å²) in [5.41, 5.74) is -2.86. The topological polar surface area (TPSA) is 56.0 Å². The van der Waals surface area contributed by atoms with Gasteiger partial charge in [0, 0.05) is 5.56 Å². The lowest BCUT2D eigenvalue weighted by atomic mass is 10.1. The molecule has 0 saturated carbocycles. The maximum Gasteiger partial charge on any atom is 0.315 e. The smallest absolute Gasteiger partial charge is 0.258 e. The van der Waals surface area contributed by atoms with Crippen molar-refractivity contribution in [3.05, 3.63) is 69.5 Å². The van der Waals surface area contributed by atoms with Gasteiger partial charge in [0.1, 0.15) is 4.88 Å². The summed E-state index contributed by atoms with van der Waals surface area (Å²) in [6.07, 6.45) is 0. The first-order chi connectivity index (χ1) is 11.8. The highest BCUT2D eigenvalue weighted by Crippen LogP contribution is 2.43. The Morgan fingerprint density at radius 3 is 1.92 bits per heavy atom. The van der Waals surface area contributed by atoms with E-state index in [-0.39, 0.29) is 4.88 Å². The van der Waals surface area contributed by atoms with Gasteiger partial charge in [-0.25, -0.2) is 22.0 Å². The van der Waals surface area contributed by atoms with Crippen LogP contribution in [0, 0.1) is 39.2 Å². The molecule has 0 saturated heterocycles. The van der Waals surface area contributed by atoms with Crippen molar-refractivity contribution in [2.24, 2.45) is 0 Å². The predicted octanol–water partition coefficient (Wildman–Crippen LogP) is 5.08. The molecule has 25 heavy (non-hydrogen) atoms. The second-order valence-electron chi connectivity index (χ2n) is 4.78. The standard InChI is InChI=1S/C15H5F5N2O2S/c16-8-7(9(17)11(19)12(20)10(8)18)13-14(22(23)24)15(25-21-13)6-4-2-1-3-5-6/h1-5H. The molecule has 1 aromatic heterocycles. The molecule has 0 amide bonds. The van der Waals surface area contributed by atoms with E-state index >= 15 is 0 Å². The van der Waals surface area contributed by atoms with Crippen LogP contribution in [0.2, 0.25) is 0 Å². The van der Waals surface area contributed by atoms with Crippen molar-refractivity contribution in [3.8, 4) is 21.7 Å². The summed E-state index contributed by atoms with van der Waals surface area (Å²) >= 11 is 0.522. The Hall–Kier alpha value is -2.88. The van der Waals surface area contributed by atoms with Crippen molar-refractivity contribution in [2.75, 3.05) is 0 Å². The molecule has 2 aromatic carbocycles. The van der Waals surface area contributed by atoms with Gasteiger partial charge in [0.15, 0.2) is 29.0 Å². The maximum absolute atomic E-state index is 14.0. The fraction of sp³-hybridized carbons (Fsp3) is 0. The van der Waals surface area contributed by atoms with E-state index in [1.54, 1.807) is 18.2 Å². The SMILES string of the molecule is O=[N+]([O-])c1c(-c2c(F)c(F)c(F)c(F)c2F)nsc1-c1ccccc1. The summed E-state index contributed by atoms with van der Waals surface area (Å²) in [6, 6.07) is 7.75. The number of nitro groups is 1. The molecule has 0 N–H and O–H groups in total. The van der Waals surface area contributed by atoms with Crippen molar-refractivity contribution >= 4 is 17.2 Å². The highest BCUT2D eigenvalue weighted by atomic mass is 32.1. The van der Waals surface area contributed by atoms with E-state index in [0.29, 0.717) is 17.1 Å². The molecule has 0 unspecified atom stereocenters. The Balaban J connectivity index is 2.34. The van der Waals surface area contributed by atoms with Crippen LogP contribution in [0.3, 0.4) is 0 Å². The maximum atomic E-state index is 14.0. The highest BCUT2D eigenvalue weighted by Gasteiger charge is 2.35. The number of hydrogen-bond donors (Lipinski definition) is 0. The van der Waals surface area contributed by atoms with Crippen molar-refractivity contribution in [3.63, 3.8) is 0 Å². The number of nitrogens with zero attached hydrogens (tertiary/aromatic N) is 2. The fourth-order valence-electron chi connectivity index (χ4n) is 2.21. The molecule has 0 atom stereocenters. The van der Waals surface area contributed by atoms with Crippen molar-refractivity contribution in [2.45, 2.75) is 0 Å². The van der Waals surface area contributed by atoms with Crippen molar-refractivity contribution < 1.29 is 26.9 Å². The molecule has 0 aliphatic carbocycles. The molecule has 0 spiro atoms. The number of halogens is 5. The minimum Gasteiger partial charge on any atom is -0.258 e. The van der Waals surface area contributed by atoms with Crippen LogP contribution in [0.5, 0.6) is 0 Å². The largest absolute Gasteiger partial charge is 0.315 e. The van der Waals surface area contributed by atoms with Crippen molar-refractivity contribution in [1.29, 1.82) is 0 Å². The average Bonchev–Trinajstić information content (AvgIpc) is 3.04. The molecule has 0 bridgehead atoms. The van der Waals surface area contributed by atoms with Crippen LogP contribution in [0.15, 0.2) is 30.3 Å². The molecule has 4 nitrogen and oxygen atoms in total. The lowest BCUT2D eigenvalue weighted by molar-refractivity contribution is -0.383. The first-order valence-corrected chi connectivity index (χ1v) is 7.33. The van der Waals surface area contributed by atoms with Crippen LogP contribution < -0.4 is 0 Å². The number of benzene rings is 2. The van der Waals surface area contributed by atoms with E-state index in [1.807, 2.05) is 0 Å². The van der Waals surface area contributed by atoms with Gasteiger partial charge in [-0.1, -0.05) is 30.3 Å². The van der Waals surface area contributed by atoms with Gasteiger partial charge >= 0.3 is 5.69 Å². The summed E-state index contributed by atoms with van der Waals surface area (Å²) in [7, 11) is 0. The lowest BCUT2D eigenvalue weighted by Gasteiger charge is -2.06. The van der Waals surface area contributed by atoms with Gasteiger partial charge < -0.3 is 0 Å². The van der Waals surface area contributed by atoms with E-state index in [2.05, 4.69) is 4.37 Å². The summed E-state index contributed by atoms with van der Waals surface area (Å²) in [6.45, 7) is 0. The third kappa shape index (κ3) is 2.64. The molecule has 0 radical (unpaired) electrons. The Labute approximate surface area is 140 Å². The fourth-order valence-corrected chi connectivity index (χ4v) is 3.07. The molecular weight excluding hydrogens is 367 g/mol.